The molecule has 0 amide bonds. The van der Waals surface area contributed by atoms with E-state index in [4.69, 9.17) is 0 Å². The van der Waals surface area contributed by atoms with E-state index in [0.29, 0.717) is 10.6 Å². The van der Waals surface area contributed by atoms with Gasteiger partial charge in [0.2, 0.25) is 0 Å². The lowest BCUT2D eigenvalue weighted by atomic mass is 10.3. The molecule has 0 fully saturated rings. The molecule has 3 nitrogen and oxygen atoms in total. The summed E-state index contributed by atoms with van der Waals surface area (Å²) in [7, 11) is -1.47. The van der Waals surface area contributed by atoms with E-state index in [2.05, 4.69) is 21.2 Å². The van der Waals surface area contributed by atoms with Crippen LogP contribution in [0, 0.1) is 0 Å². The summed E-state index contributed by atoms with van der Waals surface area (Å²) in [6.07, 6.45) is 1.19. The summed E-state index contributed by atoms with van der Waals surface area (Å²) in [6, 6.07) is 5.10. The zero-order valence-electron chi connectivity index (χ0n) is 7.33. The number of nitrogens with one attached hydrogen (secondary N) is 1. The fourth-order valence-corrected chi connectivity index (χ4v) is 2.43. The second kappa shape index (κ2) is 3.67. The Hall–Kier alpha value is -0.550. The van der Waals surface area contributed by atoms with E-state index in [1.807, 2.05) is 0 Å². The largest absolute Gasteiger partial charge is 0.387 e. The maximum absolute atomic E-state index is 11.3. The van der Waals surface area contributed by atoms with Crippen molar-refractivity contribution >= 4 is 31.5 Å². The molecule has 5 heteroatoms. The van der Waals surface area contributed by atoms with Gasteiger partial charge in [-0.25, -0.2) is 8.42 Å². The number of rotatable bonds is 2. The number of anilines is 1. The molecule has 0 atom stereocenters. The second-order valence-corrected chi connectivity index (χ2v) is 5.56. The lowest BCUT2D eigenvalue weighted by molar-refractivity contribution is 0.602. The second-order valence-electron chi connectivity index (χ2n) is 2.66. The molecule has 0 radical (unpaired) electrons. The molecule has 0 saturated heterocycles. The first-order valence-electron chi connectivity index (χ1n) is 3.62. The Morgan fingerprint density at radius 1 is 1.38 bits per heavy atom. The van der Waals surface area contributed by atoms with Gasteiger partial charge in [-0.1, -0.05) is 15.9 Å². The average Bonchev–Trinajstić information content (AvgIpc) is 2.03. The zero-order chi connectivity index (χ0) is 10.1. The van der Waals surface area contributed by atoms with E-state index in [1.165, 1.54) is 6.26 Å². The number of hydrogen-bond acceptors (Lipinski definition) is 3. The Labute approximate surface area is 86.2 Å². The molecule has 1 N–H and O–H groups in total. The Kier molecular flexibility index (Phi) is 2.98. The van der Waals surface area contributed by atoms with E-state index in [9.17, 15) is 8.42 Å². The molecular formula is C8H10BrNO2S. The summed E-state index contributed by atoms with van der Waals surface area (Å²) in [5, 5.41) is 2.83. The number of benzene rings is 1. The zero-order valence-corrected chi connectivity index (χ0v) is 9.74. The molecule has 0 unspecified atom stereocenters. The van der Waals surface area contributed by atoms with Crippen LogP contribution in [0.3, 0.4) is 0 Å². The molecule has 0 saturated carbocycles. The highest BCUT2D eigenvalue weighted by atomic mass is 79.9. The van der Waals surface area contributed by atoms with Crippen molar-refractivity contribution in [3.63, 3.8) is 0 Å². The summed E-state index contributed by atoms with van der Waals surface area (Å²) in [5.41, 5.74) is 0.616. The van der Waals surface area contributed by atoms with Gasteiger partial charge in [0.1, 0.15) is 0 Å². The van der Waals surface area contributed by atoms with E-state index < -0.39 is 9.84 Å². The third-order valence-electron chi connectivity index (χ3n) is 1.61. The van der Waals surface area contributed by atoms with Crippen LogP contribution >= 0.6 is 15.9 Å². The van der Waals surface area contributed by atoms with Gasteiger partial charge in [0.05, 0.1) is 10.6 Å². The van der Waals surface area contributed by atoms with E-state index >= 15 is 0 Å². The summed E-state index contributed by atoms with van der Waals surface area (Å²) in [5.74, 6) is 0. The quantitative estimate of drug-likeness (QED) is 0.887. The molecule has 0 aliphatic rings. The van der Waals surface area contributed by atoms with Crippen molar-refractivity contribution in [2.45, 2.75) is 4.90 Å². The highest BCUT2D eigenvalue weighted by Gasteiger charge is 2.12. The van der Waals surface area contributed by atoms with Crippen LogP contribution in [-0.4, -0.2) is 21.7 Å². The maximum atomic E-state index is 11.3. The van der Waals surface area contributed by atoms with Crippen LogP contribution in [0.4, 0.5) is 5.69 Å². The summed E-state index contributed by atoms with van der Waals surface area (Å²) < 4.78 is 23.4. The van der Waals surface area contributed by atoms with Gasteiger partial charge >= 0.3 is 0 Å². The minimum atomic E-state index is -3.16. The molecule has 0 spiro atoms. The molecular weight excluding hydrogens is 254 g/mol. The van der Waals surface area contributed by atoms with Gasteiger partial charge in [-0.15, -0.1) is 0 Å². The van der Waals surface area contributed by atoms with E-state index in [-0.39, 0.29) is 0 Å². The number of halogens is 1. The van der Waals surface area contributed by atoms with Gasteiger partial charge in [-0.05, 0) is 18.2 Å². The summed E-state index contributed by atoms with van der Waals surface area (Å²) >= 11 is 3.23. The fraction of sp³-hybridized carbons (Fsp3) is 0.250. The first kappa shape index (κ1) is 10.5. The standard InChI is InChI=1S/C8H10BrNO2S/c1-10-7-4-3-6(9)5-8(7)13(2,11)12/h3-5,10H,1-2H3. The van der Waals surface area contributed by atoms with Crippen LogP contribution in [0.1, 0.15) is 0 Å². The van der Waals surface area contributed by atoms with Gasteiger partial charge in [0, 0.05) is 17.8 Å². The van der Waals surface area contributed by atoms with Crippen molar-refractivity contribution in [3.05, 3.63) is 22.7 Å². The Morgan fingerprint density at radius 3 is 2.46 bits per heavy atom. The predicted octanol–water partition coefficient (Wildman–Crippen LogP) is 1.89. The van der Waals surface area contributed by atoms with Crippen LogP contribution < -0.4 is 5.32 Å². The third-order valence-corrected chi connectivity index (χ3v) is 3.24. The Bertz CT molecular complexity index is 414. The van der Waals surface area contributed by atoms with Gasteiger partial charge in [-0.2, -0.15) is 0 Å². The van der Waals surface area contributed by atoms with Crippen LogP contribution in [0.5, 0.6) is 0 Å². The monoisotopic (exact) mass is 263 g/mol. The highest BCUT2D eigenvalue weighted by molar-refractivity contribution is 9.10. The van der Waals surface area contributed by atoms with Gasteiger partial charge in [-0.3, -0.25) is 0 Å². The van der Waals surface area contributed by atoms with Crippen molar-refractivity contribution in [3.8, 4) is 0 Å². The van der Waals surface area contributed by atoms with Crippen LogP contribution in [-0.2, 0) is 9.84 Å². The molecule has 0 aliphatic heterocycles. The molecule has 13 heavy (non-hydrogen) atoms. The van der Waals surface area contributed by atoms with Gasteiger partial charge < -0.3 is 5.32 Å². The topological polar surface area (TPSA) is 46.2 Å². The van der Waals surface area contributed by atoms with Crippen molar-refractivity contribution in [1.82, 2.24) is 0 Å². The fourth-order valence-electron chi connectivity index (χ4n) is 1.01. The van der Waals surface area contributed by atoms with Crippen molar-refractivity contribution in [2.24, 2.45) is 0 Å². The maximum Gasteiger partial charge on any atom is 0.177 e. The van der Waals surface area contributed by atoms with Crippen LogP contribution in [0.25, 0.3) is 0 Å². The van der Waals surface area contributed by atoms with Crippen LogP contribution in [0.15, 0.2) is 27.6 Å². The Morgan fingerprint density at radius 2 is 2.00 bits per heavy atom. The third kappa shape index (κ3) is 2.45. The molecule has 1 rings (SSSR count). The molecule has 1 aromatic rings. The molecule has 0 bridgehead atoms. The van der Waals surface area contributed by atoms with E-state index in [0.717, 1.165) is 4.47 Å². The van der Waals surface area contributed by atoms with Crippen molar-refractivity contribution in [1.29, 1.82) is 0 Å². The average molecular weight is 264 g/mol. The molecule has 1 aromatic carbocycles. The molecule has 0 aliphatic carbocycles. The van der Waals surface area contributed by atoms with Gasteiger partial charge in [0.15, 0.2) is 9.84 Å². The first-order chi connectivity index (χ1) is 5.95. The number of hydrogen-bond donors (Lipinski definition) is 1. The minimum absolute atomic E-state index is 0.310. The smallest absolute Gasteiger partial charge is 0.177 e. The highest BCUT2D eigenvalue weighted by Crippen LogP contribution is 2.24. The summed E-state index contributed by atoms with van der Waals surface area (Å²) in [6.45, 7) is 0. The lowest BCUT2D eigenvalue weighted by Gasteiger charge is -2.06. The van der Waals surface area contributed by atoms with Crippen molar-refractivity contribution < 1.29 is 8.42 Å². The minimum Gasteiger partial charge on any atom is -0.387 e. The van der Waals surface area contributed by atoms with Gasteiger partial charge in [0.25, 0.3) is 0 Å². The normalized spacial score (nSPS) is 11.3. The van der Waals surface area contributed by atoms with E-state index in [1.54, 1.807) is 25.2 Å². The number of sulfone groups is 1. The Balaban J connectivity index is 3.41. The van der Waals surface area contributed by atoms with Crippen molar-refractivity contribution in [2.75, 3.05) is 18.6 Å². The van der Waals surface area contributed by atoms with Crippen LogP contribution in [0.2, 0.25) is 0 Å². The predicted molar refractivity (Wildman–Crippen MR) is 56.8 cm³/mol. The SMILES string of the molecule is CNc1ccc(Br)cc1S(C)(=O)=O. The first-order valence-corrected chi connectivity index (χ1v) is 6.31. The molecule has 0 aromatic heterocycles. The lowest BCUT2D eigenvalue weighted by Crippen LogP contribution is -2.02. The molecule has 72 valence electrons. The molecule has 0 heterocycles. The summed E-state index contributed by atoms with van der Waals surface area (Å²) in [4.78, 5) is 0.310.